The zero-order valence-corrected chi connectivity index (χ0v) is 13.9. The van der Waals surface area contributed by atoms with Gasteiger partial charge in [0.2, 0.25) is 0 Å². The Morgan fingerprint density at radius 3 is 2.15 bits per heavy atom. The Kier molecular flexibility index (Phi) is 12.4. The van der Waals surface area contributed by atoms with Gasteiger partial charge in [-0.1, -0.05) is 27.2 Å². The molecule has 0 unspecified atom stereocenters. The third-order valence-corrected chi connectivity index (χ3v) is 2.55. The molecule has 4 nitrogen and oxygen atoms in total. The Morgan fingerprint density at radius 2 is 1.70 bits per heavy atom. The van der Waals surface area contributed by atoms with Gasteiger partial charge in [0.15, 0.2) is 0 Å². The highest BCUT2D eigenvalue weighted by molar-refractivity contribution is 5.03. The molecule has 4 heteroatoms. The molecule has 1 aliphatic rings. The van der Waals surface area contributed by atoms with Crippen LogP contribution in [0.15, 0.2) is 12.4 Å². The van der Waals surface area contributed by atoms with Crippen molar-refractivity contribution in [2.24, 2.45) is 0 Å². The van der Waals surface area contributed by atoms with Crippen LogP contribution in [-0.4, -0.2) is 42.2 Å². The lowest BCUT2D eigenvalue weighted by molar-refractivity contribution is 0.198. The topological polar surface area (TPSA) is 38.2 Å². The van der Waals surface area contributed by atoms with Crippen LogP contribution >= 0.6 is 0 Å². The van der Waals surface area contributed by atoms with E-state index in [-0.39, 0.29) is 0 Å². The lowest BCUT2D eigenvalue weighted by Crippen LogP contribution is -2.12. The van der Waals surface area contributed by atoms with Crippen LogP contribution in [0.1, 0.15) is 51.4 Å². The van der Waals surface area contributed by atoms with Crippen LogP contribution in [0.2, 0.25) is 0 Å². The third kappa shape index (κ3) is 9.87. The fourth-order valence-electron chi connectivity index (χ4n) is 1.74. The van der Waals surface area contributed by atoms with Crippen molar-refractivity contribution in [1.29, 1.82) is 0 Å². The third-order valence-electron chi connectivity index (χ3n) is 2.55. The van der Waals surface area contributed by atoms with Gasteiger partial charge >= 0.3 is 0 Å². The smallest absolute Gasteiger partial charge is 0.0729 e. The molecule has 0 aromatic carbocycles. The first-order valence-corrected chi connectivity index (χ1v) is 7.74. The molecule has 0 aliphatic carbocycles. The van der Waals surface area contributed by atoms with Crippen molar-refractivity contribution in [2.75, 3.05) is 27.3 Å². The summed E-state index contributed by atoms with van der Waals surface area (Å²) in [4.78, 5) is 10.8. The molecule has 1 fully saturated rings. The first-order valence-electron chi connectivity index (χ1n) is 7.74. The van der Waals surface area contributed by atoms with Crippen molar-refractivity contribution >= 4 is 0 Å². The predicted octanol–water partition coefficient (Wildman–Crippen LogP) is 3.31. The predicted molar refractivity (Wildman–Crippen MR) is 84.8 cm³/mol. The van der Waals surface area contributed by atoms with E-state index in [1.54, 1.807) is 0 Å². The van der Waals surface area contributed by atoms with E-state index in [1.165, 1.54) is 12.8 Å². The molecule has 1 saturated heterocycles. The molecule has 1 aliphatic heterocycles. The fourth-order valence-corrected chi connectivity index (χ4v) is 1.74. The van der Waals surface area contributed by atoms with Gasteiger partial charge in [-0.15, -0.1) is 0 Å². The lowest BCUT2D eigenvalue weighted by atomic mass is 10.2. The average molecular weight is 281 g/mol. The van der Waals surface area contributed by atoms with Gasteiger partial charge in [-0.3, -0.25) is 9.97 Å². The molecule has 0 radical (unpaired) electrons. The van der Waals surface area contributed by atoms with Crippen molar-refractivity contribution in [3.63, 3.8) is 0 Å². The summed E-state index contributed by atoms with van der Waals surface area (Å²) >= 11 is 0. The summed E-state index contributed by atoms with van der Waals surface area (Å²) in [5.74, 6) is 0. The number of nitrogens with zero attached hydrogens (tertiary/aromatic N) is 3. The van der Waals surface area contributed by atoms with Crippen LogP contribution in [-0.2, 0) is 17.7 Å². The second kappa shape index (κ2) is 13.0. The lowest BCUT2D eigenvalue weighted by Gasteiger charge is -2.08. The van der Waals surface area contributed by atoms with Crippen LogP contribution in [0.5, 0.6) is 0 Å². The molecular weight excluding hydrogens is 250 g/mol. The summed E-state index contributed by atoms with van der Waals surface area (Å²) in [6.45, 7) is 9.02. The van der Waals surface area contributed by atoms with Gasteiger partial charge < -0.3 is 9.64 Å². The van der Waals surface area contributed by atoms with E-state index in [9.17, 15) is 0 Å². The van der Waals surface area contributed by atoms with Crippen LogP contribution in [0, 0.1) is 0 Å². The van der Waals surface area contributed by atoms with Crippen molar-refractivity contribution in [1.82, 2.24) is 14.9 Å². The Hall–Kier alpha value is -1.00. The largest absolute Gasteiger partial charge is 0.381 e. The molecule has 2 heterocycles. The first kappa shape index (κ1) is 19.0. The van der Waals surface area contributed by atoms with E-state index in [2.05, 4.69) is 21.8 Å². The van der Waals surface area contributed by atoms with E-state index >= 15 is 0 Å². The first-order chi connectivity index (χ1) is 9.72. The molecule has 0 spiro atoms. The zero-order chi connectivity index (χ0) is 15.2. The summed E-state index contributed by atoms with van der Waals surface area (Å²) in [7, 11) is 4.07. The number of hydrogen-bond donors (Lipinski definition) is 0. The molecule has 0 bridgehead atoms. The van der Waals surface area contributed by atoms with E-state index in [0.717, 1.165) is 44.0 Å². The van der Waals surface area contributed by atoms with Crippen LogP contribution in [0.4, 0.5) is 0 Å². The van der Waals surface area contributed by atoms with Crippen LogP contribution in [0.25, 0.3) is 0 Å². The highest BCUT2D eigenvalue weighted by Crippen LogP contribution is 2.01. The minimum absolute atomic E-state index is 0.866. The van der Waals surface area contributed by atoms with E-state index < -0.39 is 0 Å². The minimum atomic E-state index is 0.866. The van der Waals surface area contributed by atoms with E-state index in [4.69, 9.17) is 4.74 Å². The minimum Gasteiger partial charge on any atom is -0.381 e. The monoisotopic (exact) mass is 281 g/mol. The maximum atomic E-state index is 4.94. The van der Waals surface area contributed by atoms with E-state index in [0.29, 0.717) is 0 Å². The zero-order valence-electron chi connectivity index (χ0n) is 13.9. The summed E-state index contributed by atoms with van der Waals surface area (Å²) in [6.07, 6.45) is 8.39. The van der Waals surface area contributed by atoms with Crippen molar-refractivity contribution in [3.05, 3.63) is 23.8 Å². The highest BCUT2D eigenvalue weighted by atomic mass is 16.5. The molecule has 0 atom stereocenters. The molecule has 1 aromatic rings. The second-order valence-corrected chi connectivity index (χ2v) is 4.81. The van der Waals surface area contributed by atoms with Crippen molar-refractivity contribution in [3.8, 4) is 0 Å². The highest BCUT2D eigenvalue weighted by Gasteiger charge is 1.99. The number of aromatic nitrogens is 2. The van der Waals surface area contributed by atoms with Crippen LogP contribution in [0.3, 0.4) is 0 Å². The molecular formula is C16H31N3O. The summed E-state index contributed by atoms with van der Waals surface area (Å²) in [5.41, 5.74) is 2.15. The van der Waals surface area contributed by atoms with Gasteiger partial charge in [0.1, 0.15) is 0 Å². The Labute approximate surface area is 124 Å². The second-order valence-electron chi connectivity index (χ2n) is 4.81. The van der Waals surface area contributed by atoms with Gasteiger partial charge in [0, 0.05) is 32.2 Å². The molecule has 0 amide bonds. The number of hydrogen-bond acceptors (Lipinski definition) is 4. The number of aryl methyl sites for hydroxylation is 1. The van der Waals surface area contributed by atoms with Crippen molar-refractivity contribution < 1.29 is 4.74 Å². The molecule has 2 rings (SSSR count). The summed E-state index contributed by atoms with van der Waals surface area (Å²) < 4.78 is 4.94. The molecule has 1 aromatic heterocycles. The Morgan fingerprint density at radius 1 is 1.10 bits per heavy atom. The van der Waals surface area contributed by atoms with Gasteiger partial charge in [0.05, 0.1) is 11.4 Å². The molecule has 20 heavy (non-hydrogen) atoms. The number of ether oxygens (including phenoxy) is 1. The maximum Gasteiger partial charge on any atom is 0.0729 e. The number of rotatable bonds is 4. The normalized spacial score (nSPS) is 13.3. The molecule has 0 N–H and O–H groups in total. The summed E-state index contributed by atoms with van der Waals surface area (Å²) in [6, 6.07) is 0. The Balaban J connectivity index is 0.000000427. The van der Waals surface area contributed by atoms with Gasteiger partial charge in [-0.25, -0.2) is 0 Å². The van der Waals surface area contributed by atoms with Gasteiger partial charge in [-0.05, 0) is 33.4 Å². The van der Waals surface area contributed by atoms with Crippen molar-refractivity contribution in [2.45, 2.75) is 53.0 Å². The maximum absolute atomic E-state index is 4.94. The SMILES string of the molecule is C1CCOC1.CC.CCCc1cncc(CN(C)C)n1. The summed E-state index contributed by atoms with van der Waals surface area (Å²) in [5, 5.41) is 0. The molecule has 0 saturated carbocycles. The van der Waals surface area contributed by atoms with Gasteiger partial charge in [-0.2, -0.15) is 0 Å². The Bertz CT molecular complexity index is 318. The quantitative estimate of drug-likeness (QED) is 0.848. The van der Waals surface area contributed by atoms with E-state index in [1.807, 2.05) is 40.3 Å². The molecule has 116 valence electrons. The van der Waals surface area contributed by atoms with Crippen LogP contribution < -0.4 is 0 Å². The van der Waals surface area contributed by atoms with Gasteiger partial charge in [0.25, 0.3) is 0 Å². The standard InChI is InChI=1S/C10H17N3.C4H8O.C2H6/c1-4-5-9-6-11-7-10(12-9)8-13(2)3;1-2-4-5-3-1;1-2/h6-7H,4-5,8H2,1-3H3;1-4H2;1-2H3. The fraction of sp³-hybridized carbons (Fsp3) is 0.750. The average Bonchev–Trinajstić information content (AvgIpc) is 3.00.